The number of thiazole rings is 1. The van der Waals surface area contributed by atoms with E-state index in [1.54, 1.807) is 4.90 Å². The molecule has 1 amide bonds. The molecular formula is C15H19N3OS. The highest BCUT2D eigenvalue weighted by molar-refractivity contribution is 7.09. The lowest BCUT2D eigenvalue weighted by Gasteiger charge is -2.24. The molecule has 2 aromatic heterocycles. The van der Waals surface area contributed by atoms with Crippen molar-refractivity contribution in [3.8, 4) is 0 Å². The van der Waals surface area contributed by atoms with E-state index in [1.807, 2.05) is 45.5 Å². The van der Waals surface area contributed by atoms with E-state index < -0.39 is 0 Å². The normalized spacial score (nSPS) is 12.2. The van der Waals surface area contributed by atoms with E-state index in [0.717, 1.165) is 17.1 Å². The molecule has 1 atom stereocenters. The Morgan fingerprint density at radius 1 is 1.45 bits per heavy atom. The Morgan fingerprint density at radius 2 is 2.20 bits per heavy atom. The zero-order chi connectivity index (χ0) is 14.7. The van der Waals surface area contributed by atoms with Gasteiger partial charge in [-0.1, -0.05) is 0 Å². The Labute approximate surface area is 123 Å². The number of aryl methyl sites for hydroxylation is 2. The van der Waals surface area contributed by atoms with Crippen molar-refractivity contribution in [2.45, 2.75) is 33.2 Å². The maximum Gasteiger partial charge on any atom is 0.273 e. The third-order valence-corrected chi connectivity index (χ3v) is 4.07. The summed E-state index contributed by atoms with van der Waals surface area (Å²) >= 11 is 1.50. The summed E-state index contributed by atoms with van der Waals surface area (Å²) in [4.78, 5) is 22.6. The van der Waals surface area contributed by atoms with Crippen LogP contribution in [0.15, 0.2) is 23.7 Å². The monoisotopic (exact) mass is 289 g/mol. The molecule has 4 nitrogen and oxygen atoms in total. The molecule has 0 spiro atoms. The minimum atomic E-state index is -0.0329. The molecule has 20 heavy (non-hydrogen) atoms. The number of pyridine rings is 1. The third kappa shape index (κ3) is 3.42. The van der Waals surface area contributed by atoms with Gasteiger partial charge in [0.15, 0.2) is 0 Å². The second-order valence-corrected chi connectivity index (χ2v) is 6.11. The molecule has 0 aliphatic carbocycles. The van der Waals surface area contributed by atoms with Gasteiger partial charge in [-0.3, -0.25) is 9.78 Å². The van der Waals surface area contributed by atoms with Crippen LogP contribution in [0.5, 0.6) is 0 Å². The number of hydrogen-bond acceptors (Lipinski definition) is 4. The first-order valence-electron chi connectivity index (χ1n) is 6.58. The molecule has 2 aromatic rings. The highest BCUT2D eigenvalue weighted by Gasteiger charge is 2.20. The number of nitrogens with zero attached hydrogens (tertiary/aromatic N) is 3. The van der Waals surface area contributed by atoms with Gasteiger partial charge in [-0.25, -0.2) is 4.98 Å². The summed E-state index contributed by atoms with van der Waals surface area (Å²) in [6, 6.07) is 4.11. The highest BCUT2D eigenvalue weighted by atomic mass is 32.1. The van der Waals surface area contributed by atoms with E-state index in [4.69, 9.17) is 0 Å². The van der Waals surface area contributed by atoms with Gasteiger partial charge in [0.2, 0.25) is 0 Å². The third-order valence-electron chi connectivity index (χ3n) is 3.30. The molecule has 0 aliphatic rings. The molecule has 106 valence electrons. The van der Waals surface area contributed by atoms with Gasteiger partial charge in [0, 0.05) is 36.8 Å². The van der Waals surface area contributed by atoms with Gasteiger partial charge in [0.25, 0.3) is 5.91 Å². The fourth-order valence-corrected chi connectivity index (χ4v) is 2.58. The van der Waals surface area contributed by atoms with Crippen molar-refractivity contribution in [2.24, 2.45) is 0 Å². The summed E-state index contributed by atoms with van der Waals surface area (Å²) in [6.45, 7) is 5.98. The van der Waals surface area contributed by atoms with Crippen molar-refractivity contribution in [1.29, 1.82) is 0 Å². The summed E-state index contributed by atoms with van der Waals surface area (Å²) in [5.41, 5.74) is 2.72. The molecule has 0 fully saturated rings. The summed E-state index contributed by atoms with van der Waals surface area (Å²) in [6.07, 6.45) is 2.55. The molecule has 0 bridgehead atoms. The molecule has 0 unspecified atom stereocenters. The number of rotatable bonds is 4. The minimum Gasteiger partial charge on any atom is -0.337 e. The molecule has 0 aromatic carbocycles. The Kier molecular flexibility index (Phi) is 4.49. The standard InChI is InChI=1S/C15H19N3OS/c1-10-5-6-16-13(7-10)8-11(2)18(4)15(19)14-9-20-12(3)17-14/h5-7,9,11H,8H2,1-4H3/t11-/m0/s1. The molecule has 0 radical (unpaired) electrons. The smallest absolute Gasteiger partial charge is 0.273 e. The van der Waals surface area contributed by atoms with Gasteiger partial charge in [0.1, 0.15) is 5.69 Å². The van der Waals surface area contributed by atoms with E-state index in [2.05, 4.69) is 16.0 Å². The zero-order valence-corrected chi connectivity index (χ0v) is 13.1. The van der Waals surface area contributed by atoms with Crippen LogP contribution >= 0.6 is 11.3 Å². The van der Waals surface area contributed by atoms with E-state index in [1.165, 1.54) is 16.9 Å². The maximum atomic E-state index is 12.3. The maximum absolute atomic E-state index is 12.3. The Morgan fingerprint density at radius 3 is 2.80 bits per heavy atom. The second-order valence-electron chi connectivity index (χ2n) is 5.05. The number of carbonyl (C=O) groups is 1. The first-order chi connectivity index (χ1) is 9.47. The summed E-state index contributed by atoms with van der Waals surface area (Å²) in [7, 11) is 1.82. The quantitative estimate of drug-likeness (QED) is 0.869. The van der Waals surface area contributed by atoms with Crippen molar-refractivity contribution in [3.05, 3.63) is 45.7 Å². The molecule has 5 heteroatoms. The van der Waals surface area contributed by atoms with Gasteiger partial charge in [-0.05, 0) is 38.5 Å². The molecular weight excluding hydrogens is 270 g/mol. The van der Waals surface area contributed by atoms with Gasteiger partial charge >= 0.3 is 0 Å². The Bertz CT molecular complexity index is 609. The Hall–Kier alpha value is -1.75. The van der Waals surface area contributed by atoms with Crippen LogP contribution in [0.1, 0.15) is 33.7 Å². The van der Waals surface area contributed by atoms with Crippen LogP contribution in [0, 0.1) is 13.8 Å². The summed E-state index contributed by atoms with van der Waals surface area (Å²) in [5, 5.41) is 2.72. The zero-order valence-electron chi connectivity index (χ0n) is 12.3. The van der Waals surface area contributed by atoms with Crippen molar-refractivity contribution < 1.29 is 4.79 Å². The lowest BCUT2D eigenvalue weighted by atomic mass is 10.1. The van der Waals surface area contributed by atoms with Crippen LogP contribution in [0.25, 0.3) is 0 Å². The van der Waals surface area contributed by atoms with Gasteiger partial charge in [-0.2, -0.15) is 0 Å². The van der Waals surface area contributed by atoms with Gasteiger partial charge in [0.05, 0.1) is 5.01 Å². The molecule has 0 saturated heterocycles. The number of aromatic nitrogens is 2. The number of carbonyl (C=O) groups excluding carboxylic acids is 1. The molecule has 0 aliphatic heterocycles. The van der Waals surface area contributed by atoms with E-state index in [-0.39, 0.29) is 11.9 Å². The molecule has 0 saturated carbocycles. The highest BCUT2D eigenvalue weighted by Crippen LogP contribution is 2.13. The average molecular weight is 289 g/mol. The van der Waals surface area contributed by atoms with Crippen LogP contribution in [0.3, 0.4) is 0 Å². The topological polar surface area (TPSA) is 46.1 Å². The SMILES string of the molecule is Cc1ccnc(C[C@H](C)N(C)C(=O)c2csc(C)n2)c1. The van der Waals surface area contributed by atoms with Gasteiger partial charge < -0.3 is 4.90 Å². The summed E-state index contributed by atoms with van der Waals surface area (Å²) in [5.74, 6) is -0.0329. The number of likely N-dealkylation sites (N-methyl/N-ethyl adjacent to an activating group) is 1. The summed E-state index contributed by atoms with van der Waals surface area (Å²) < 4.78 is 0. The van der Waals surface area contributed by atoms with E-state index >= 15 is 0 Å². The second kappa shape index (κ2) is 6.13. The van der Waals surface area contributed by atoms with E-state index in [9.17, 15) is 4.79 Å². The lowest BCUT2D eigenvalue weighted by molar-refractivity contribution is 0.0737. The van der Waals surface area contributed by atoms with Crippen molar-refractivity contribution in [1.82, 2.24) is 14.9 Å². The van der Waals surface area contributed by atoms with Crippen molar-refractivity contribution in [3.63, 3.8) is 0 Å². The fourth-order valence-electron chi connectivity index (χ4n) is 1.99. The predicted molar refractivity (Wildman–Crippen MR) is 81.1 cm³/mol. The Balaban J connectivity index is 2.05. The van der Waals surface area contributed by atoms with Crippen LogP contribution in [0.2, 0.25) is 0 Å². The molecule has 0 N–H and O–H groups in total. The fraction of sp³-hybridized carbons (Fsp3) is 0.400. The van der Waals surface area contributed by atoms with Crippen molar-refractivity contribution in [2.75, 3.05) is 7.05 Å². The largest absolute Gasteiger partial charge is 0.337 e. The molecule has 2 heterocycles. The minimum absolute atomic E-state index is 0.0329. The lowest BCUT2D eigenvalue weighted by Crippen LogP contribution is -2.36. The van der Waals surface area contributed by atoms with E-state index in [0.29, 0.717) is 5.69 Å². The first-order valence-corrected chi connectivity index (χ1v) is 7.46. The average Bonchev–Trinajstić information content (AvgIpc) is 2.83. The number of hydrogen-bond donors (Lipinski definition) is 0. The van der Waals surface area contributed by atoms with Crippen LogP contribution in [-0.2, 0) is 6.42 Å². The van der Waals surface area contributed by atoms with Crippen LogP contribution in [-0.4, -0.2) is 33.9 Å². The van der Waals surface area contributed by atoms with Crippen LogP contribution in [0.4, 0.5) is 0 Å². The first kappa shape index (κ1) is 14.7. The van der Waals surface area contributed by atoms with Crippen molar-refractivity contribution >= 4 is 17.2 Å². The van der Waals surface area contributed by atoms with Crippen LogP contribution < -0.4 is 0 Å². The number of amides is 1. The van der Waals surface area contributed by atoms with Gasteiger partial charge in [-0.15, -0.1) is 11.3 Å². The molecule has 2 rings (SSSR count). The predicted octanol–water partition coefficient (Wildman–Crippen LogP) is 2.86.